The predicted molar refractivity (Wildman–Crippen MR) is 102 cm³/mol. The number of hydrogen-bond donors (Lipinski definition) is 3. The molecule has 3 amide bonds. The molecule has 9 heteroatoms. The summed E-state index contributed by atoms with van der Waals surface area (Å²) in [6, 6.07) is 8.80. The number of hydrazine groups is 1. The molecule has 1 aliphatic carbocycles. The van der Waals surface area contributed by atoms with Gasteiger partial charge in [-0.15, -0.1) is 11.3 Å². The number of rotatable bonds is 4. The number of aryl methyl sites for hydroxylation is 1. The van der Waals surface area contributed by atoms with E-state index >= 15 is 0 Å². The zero-order valence-electron chi connectivity index (χ0n) is 15.1. The second-order valence-electron chi connectivity index (χ2n) is 6.69. The first-order valence-corrected chi connectivity index (χ1v) is 9.73. The van der Waals surface area contributed by atoms with Crippen molar-refractivity contribution in [3.63, 3.8) is 0 Å². The lowest BCUT2D eigenvalue weighted by atomic mass is 10.2. The van der Waals surface area contributed by atoms with Crippen molar-refractivity contribution in [2.45, 2.75) is 25.9 Å². The van der Waals surface area contributed by atoms with Crippen molar-refractivity contribution in [3.8, 4) is 11.5 Å². The van der Waals surface area contributed by atoms with Gasteiger partial charge in [-0.2, -0.15) is 0 Å². The molecule has 0 spiro atoms. The van der Waals surface area contributed by atoms with E-state index in [-0.39, 0.29) is 18.4 Å². The van der Waals surface area contributed by atoms with E-state index in [1.807, 2.05) is 6.07 Å². The second-order valence-corrected chi connectivity index (χ2v) is 7.75. The molecule has 28 heavy (non-hydrogen) atoms. The quantitative estimate of drug-likeness (QED) is 0.680. The topological polar surface area (TPSA) is 106 Å². The molecule has 0 saturated heterocycles. The third-order valence-corrected chi connectivity index (χ3v) is 5.57. The van der Waals surface area contributed by atoms with Gasteiger partial charge in [0.1, 0.15) is 6.61 Å². The van der Waals surface area contributed by atoms with Crippen molar-refractivity contribution in [1.29, 1.82) is 0 Å². The van der Waals surface area contributed by atoms with Crippen LogP contribution >= 0.6 is 11.3 Å². The summed E-state index contributed by atoms with van der Waals surface area (Å²) in [4.78, 5) is 36.9. The molecule has 1 aromatic carbocycles. The second kappa shape index (κ2) is 7.51. The summed E-state index contributed by atoms with van der Waals surface area (Å²) in [5.41, 5.74) is 5.47. The van der Waals surface area contributed by atoms with Crippen molar-refractivity contribution in [1.82, 2.24) is 10.9 Å². The van der Waals surface area contributed by atoms with Crippen LogP contribution < -0.4 is 25.6 Å². The standard InChI is InChI=1S/C19H19N3O5S/c1-10-8-15(20-17(23)11-6-7-11)28-16(10)19(25)22-21-18(24)14-9-26-12-4-2-3-5-13(12)27-14/h2-5,8,11,14H,6-7,9H2,1H3,(H,20,23)(H,21,24)(H,22,25). The molecule has 0 bridgehead atoms. The molecule has 8 nitrogen and oxygen atoms in total. The molecule has 1 unspecified atom stereocenters. The average molecular weight is 401 g/mol. The minimum Gasteiger partial charge on any atom is -0.485 e. The molecule has 2 aromatic rings. The highest BCUT2D eigenvalue weighted by molar-refractivity contribution is 7.18. The Balaban J connectivity index is 1.32. The highest BCUT2D eigenvalue weighted by Gasteiger charge is 2.30. The summed E-state index contributed by atoms with van der Waals surface area (Å²) in [6.45, 7) is 1.82. The van der Waals surface area contributed by atoms with Crippen molar-refractivity contribution in [2.24, 2.45) is 5.92 Å². The number of hydrogen-bond acceptors (Lipinski definition) is 6. The van der Waals surface area contributed by atoms with Crippen molar-refractivity contribution in [3.05, 3.63) is 40.8 Å². The molecule has 2 heterocycles. The maximum absolute atomic E-state index is 12.4. The lowest BCUT2D eigenvalue weighted by molar-refractivity contribution is -0.131. The Bertz CT molecular complexity index is 937. The Morgan fingerprint density at radius 1 is 1.07 bits per heavy atom. The van der Waals surface area contributed by atoms with Crippen LogP contribution in [-0.2, 0) is 9.59 Å². The first-order chi connectivity index (χ1) is 13.5. The van der Waals surface area contributed by atoms with Crippen molar-refractivity contribution in [2.75, 3.05) is 11.9 Å². The Kier molecular flexibility index (Phi) is 4.91. The summed E-state index contributed by atoms with van der Waals surface area (Å²) in [7, 11) is 0. The number of carbonyl (C=O) groups excluding carboxylic acids is 3. The highest BCUT2D eigenvalue weighted by atomic mass is 32.1. The molecular weight excluding hydrogens is 382 g/mol. The van der Waals surface area contributed by atoms with E-state index in [1.54, 1.807) is 31.2 Å². The van der Waals surface area contributed by atoms with Crippen LogP contribution in [0.3, 0.4) is 0 Å². The number of nitrogens with one attached hydrogen (secondary N) is 3. The van der Waals surface area contributed by atoms with E-state index < -0.39 is 17.9 Å². The summed E-state index contributed by atoms with van der Waals surface area (Å²) in [5, 5.41) is 3.44. The van der Waals surface area contributed by atoms with E-state index in [1.165, 1.54) is 11.3 Å². The number of thiophene rings is 1. The van der Waals surface area contributed by atoms with Gasteiger partial charge in [0.25, 0.3) is 11.8 Å². The number of fused-ring (bicyclic) bond motifs is 1. The fraction of sp³-hybridized carbons (Fsp3) is 0.316. The lowest BCUT2D eigenvalue weighted by Crippen LogP contribution is -2.50. The van der Waals surface area contributed by atoms with Crippen LogP contribution in [0.2, 0.25) is 0 Å². The molecule has 1 aliphatic heterocycles. The third-order valence-electron chi connectivity index (χ3n) is 4.42. The van der Waals surface area contributed by atoms with Gasteiger partial charge in [0, 0.05) is 5.92 Å². The van der Waals surface area contributed by atoms with Crippen LogP contribution in [0.25, 0.3) is 0 Å². The zero-order valence-corrected chi connectivity index (χ0v) is 15.9. The molecule has 3 N–H and O–H groups in total. The van der Waals surface area contributed by atoms with E-state index in [0.717, 1.165) is 12.8 Å². The Morgan fingerprint density at radius 2 is 1.82 bits per heavy atom. The maximum Gasteiger partial charge on any atom is 0.283 e. The molecule has 1 saturated carbocycles. The molecule has 146 valence electrons. The van der Waals surface area contributed by atoms with Crippen LogP contribution in [0, 0.1) is 12.8 Å². The van der Waals surface area contributed by atoms with Gasteiger partial charge in [-0.25, -0.2) is 0 Å². The number of para-hydroxylation sites is 2. The number of anilines is 1. The monoisotopic (exact) mass is 401 g/mol. The van der Waals surface area contributed by atoms with Gasteiger partial charge in [0.2, 0.25) is 12.0 Å². The lowest BCUT2D eigenvalue weighted by Gasteiger charge is -2.25. The summed E-state index contributed by atoms with van der Waals surface area (Å²) in [6.07, 6.45) is 0.952. The molecule has 2 aliphatic rings. The normalized spacial score (nSPS) is 17.5. The third kappa shape index (κ3) is 3.94. The Morgan fingerprint density at radius 3 is 2.57 bits per heavy atom. The smallest absolute Gasteiger partial charge is 0.283 e. The Hall–Kier alpha value is -3.07. The van der Waals surface area contributed by atoms with Crippen LogP contribution in [0.1, 0.15) is 28.1 Å². The SMILES string of the molecule is Cc1cc(NC(=O)C2CC2)sc1C(=O)NNC(=O)C1COc2ccccc2O1. The number of ether oxygens (including phenoxy) is 2. The first-order valence-electron chi connectivity index (χ1n) is 8.91. The van der Waals surface area contributed by atoms with E-state index in [2.05, 4.69) is 16.2 Å². The summed E-state index contributed by atoms with van der Waals surface area (Å²) >= 11 is 1.17. The predicted octanol–water partition coefficient (Wildman–Crippen LogP) is 2.01. The Labute approximate surface area is 165 Å². The van der Waals surface area contributed by atoms with Crippen molar-refractivity contribution < 1.29 is 23.9 Å². The molecule has 1 fully saturated rings. The zero-order chi connectivity index (χ0) is 19.7. The molecular formula is C19H19N3O5S. The molecule has 1 aromatic heterocycles. The van der Waals surface area contributed by atoms with Crippen molar-refractivity contribution >= 4 is 34.1 Å². The molecule has 1 atom stereocenters. The van der Waals surface area contributed by atoms with Gasteiger partial charge in [0.15, 0.2) is 11.5 Å². The summed E-state index contributed by atoms with van der Waals surface area (Å²) in [5.74, 6) is 0.146. The van der Waals surface area contributed by atoms with Gasteiger partial charge >= 0.3 is 0 Å². The van der Waals surface area contributed by atoms with E-state index in [9.17, 15) is 14.4 Å². The number of amides is 3. The van der Waals surface area contributed by atoms with Gasteiger partial charge in [0.05, 0.1) is 9.88 Å². The van der Waals surface area contributed by atoms with Crippen LogP contribution in [0.15, 0.2) is 30.3 Å². The fourth-order valence-electron chi connectivity index (χ4n) is 2.74. The van der Waals surface area contributed by atoms with Crippen LogP contribution in [0.4, 0.5) is 5.00 Å². The van der Waals surface area contributed by atoms with E-state index in [4.69, 9.17) is 9.47 Å². The molecule has 4 rings (SSSR count). The minimum absolute atomic E-state index is 0.0174. The maximum atomic E-state index is 12.4. The highest BCUT2D eigenvalue weighted by Crippen LogP contribution is 2.33. The van der Waals surface area contributed by atoms with Crippen LogP contribution in [-0.4, -0.2) is 30.4 Å². The van der Waals surface area contributed by atoms with Crippen LogP contribution in [0.5, 0.6) is 11.5 Å². The van der Waals surface area contributed by atoms with Gasteiger partial charge < -0.3 is 14.8 Å². The van der Waals surface area contributed by atoms with E-state index in [0.29, 0.717) is 26.9 Å². The molecule has 0 radical (unpaired) electrons. The number of carbonyl (C=O) groups is 3. The fourth-order valence-corrected chi connectivity index (χ4v) is 3.71. The minimum atomic E-state index is -0.868. The van der Waals surface area contributed by atoms with Gasteiger partial charge in [-0.05, 0) is 43.5 Å². The average Bonchev–Trinajstić information content (AvgIpc) is 3.49. The summed E-state index contributed by atoms with van der Waals surface area (Å²) < 4.78 is 11.1. The van der Waals surface area contributed by atoms with Gasteiger partial charge in [-0.1, -0.05) is 12.1 Å². The van der Waals surface area contributed by atoms with Gasteiger partial charge in [-0.3, -0.25) is 25.2 Å². The number of benzene rings is 1. The largest absolute Gasteiger partial charge is 0.485 e. The first kappa shape index (κ1) is 18.3.